The Morgan fingerprint density at radius 3 is 2.42 bits per heavy atom. The minimum Gasteiger partial charge on any atom is -0.457 e. The van der Waals surface area contributed by atoms with Gasteiger partial charge in [-0.2, -0.15) is 0 Å². The molecule has 2 aromatic carbocycles. The van der Waals surface area contributed by atoms with E-state index in [4.69, 9.17) is 26.7 Å². The van der Waals surface area contributed by atoms with E-state index in [1.807, 2.05) is 30.3 Å². The van der Waals surface area contributed by atoms with E-state index in [-0.39, 0.29) is 35.7 Å². The second-order valence-corrected chi connectivity index (χ2v) is 7.47. The van der Waals surface area contributed by atoms with Gasteiger partial charge in [0.2, 0.25) is 5.91 Å². The lowest BCUT2D eigenvalue weighted by atomic mass is 10.0. The molecule has 1 fully saturated rings. The molecular formula is C24H27N5O4. The molecule has 0 bridgehead atoms. The van der Waals surface area contributed by atoms with Crippen molar-refractivity contribution in [2.75, 3.05) is 19.7 Å². The molecule has 1 unspecified atom stereocenters. The number of rotatable bonds is 9. The number of nitrogens with zero attached hydrogens (tertiary/aromatic N) is 1. The summed E-state index contributed by atoms with van der Waals surface area (Å²) in [7, 11) is 0. The lowest BCUT2D eigenvalue weighted by molar-refractivity contribution is -0.125. The van der Waals surface area contributed by atoms with Gasteiger partial charge in [0, 0.05) is 30.8 Å². The van der Waals surface area contributed by atoms with Crippen LogP contribution in [0.25, 0.3) is 0 Å². The molecule has 0 aliphatic carbocycles. The molecule has 1 heterocycles. The third-order valence-corrected chi connectivity index (χ3v) is 5.11. The highest BCUT2D eigenvalue weighted by molar-refractivity contribution is 6.26. The highest BCUT2D eigenvalue weighted by Crippen LogP contribution is 2.22. The summed E-state index contributed by atoms with van der Waals surface area (Å²) in [5, 5.41) is 20.3. The average molecular weight is 450 g/mol. The van der Waals surface area contributed by atoms with Crippen LogP contribution in [0.5, 0.6) is 11.5 Å². The van der Waals surface area contributed by atoms with Gasteiger partial charge in [-0.05, 0) is 42.8 Å². The van der Waals surface area contributed by atoms with Crippen LogP contribution in [0.3, 0.4) is 0 Å². The summed E-state index contributed by atoms with van der Waals surface area (Å²) in [6.45, 7) is 0.673. The molecule has 0 spiro atoms. The van der Waals surface area contributed by atoms with Crippen molar-refractivity contribution in [2.45, 2.75) is 12.5 Å². The third kappa shape index (κ3) is 6.20. The fourth-order valence-electron chi connectivity index (χ4n) is 3.48. The Kier molecular flexibility index (Phi) is 7.82. The van der Waals surface area contributed by atoms with E-state index in [9.17, 15) is 9.59 Å². The van der Waals surface area contributed by atoms with Crippen molar-refractivity contribution in [3.8, 4) is 11.5 Å². The Balaban J connectivity index is 1.69. The number of nitrogens with two attached hydrogens (primary N) is 2. The molecule has 9 heteroatoms. The minimum atomic E-state index is -0.827. The highest BCUT2D eigenvalue weighted by atomic mass is 16.5. The molecule has 1 aliphatic rings. The lowest BCUT2D eigenvalue weighted by Gasteiger charge is -2.18. The van der Waals surface area contributed by atoms with Crippen LogP contribution in [-0.2, 0) is 9.59 Å². The van der Waals surface area contributed by atoms with Crippen LogP contribution < -0.4 is 21.5 Å². The molecule has 172 valence electrons. The molecule has 0 radical (unpaired) electrons. The van der Waals surface area contributed by atoms with Crippen LogP contribution in [0, 0.1) is 5.41 Å². The number of hydrogen-bond donors (Lipinski definition) is 5. The number of nitrogens with one attached hydrogen (secondary N) is 2. The Hall–Kier alpha value is -4.11. The van der Waals surface area contributed by atoms with Crippen molar-refractivity contribution in [1.82, 2.24) is 10.2 Å². The number of aliphatic hydroxyl groups excluding tert-OH is 1. The Labute approximate surface area is 191 Å². The van der Waals surface area contributed by atoms with Crippen molar-refractivity contribution in [3.63, 3.8) is 0 Å². The summed E-state index contributed by atoms with van der Waals surface area (Å²) in [6, 6.07) is 15.8. The molecular weight excluding hydrogens is 422 g/mol. The fraction of sp³-hybridized carbons (Fsp3) is 0.208. The maximum absolute atomic E-state index is 12.1. The van der Waals surface area contributed by atoms with Gasteiger partial charge in [0.25, 0.3) is 5.91 Å². The average Bonchev–Trinajstić information content (AvgIpc) is 3.27. The number of carbonyl (C=O) groups is 2. The first-order valence-electron chi connectivity index (χ1n) is 10.4. The fourth-order valence-corrected chi connectivity index (χ4v) is 3.48. The number of benzene rings is 2. The van der Waals surface area contributed by atoms with Gasteiger partial charge in [0.05, 0.1) is 12.3 Å². The number of hydrogen-bond acceptors (Lipinski definition) is 7. The van der Waals surface area contributed by atoms with E-state index >= 15 is 0 Å². The van der Waals surface area contributed by atoms with Gasteiger partial charge in [-0.1, -0.05) is 24.3 Å². The van der Waals surface area contributed by atoms with Crippen molar-refractivity contribution < 1.29 is 19.4 Å². The zero-order chi connectivity index (χ0) is 23.8. The largest absolute Gasteiger partial charge is 0.457 e. The first-order valence-corrected chi connectivity index (χ1v) is 10.4. The zero-order valence-corrected chi connectivity index (χ0v) is 18.0. The first-order chi connectivity index (χ1) is 15.9. The second-order valence-electron chi connectivity index (χ2n) is 7.47. The molecule has 1 atom stereocenters. The first kappa shape index (κ1) is 23.6. The SMILES string of the molecule is N=C(/C(C(N)=O)=C(/N)NC1CCN(C(=O)/C=C/CO)C1)c1ccc(Oc2ccccc2)cc1. The van der Waals surface area contributed by atoms with Gasteiger partial charge in [-0.3, -0.25) is 15.0 Å². The van der Waals surface area contributed by atoms with Crippen LogP contribution in [-0.4, -0.2) is 53.3 Å². The van der Waals surface area contributed by atoms with E-state index in [0.717, 1.165) is 0 Å². The van der Waals surface area contributed by atoms with Crippen molar-refractivity contribution in [3.05, 3.63) is 83.7 Å². The molecule has 7 N–H and O–H groups in total. The van der Waals surface area contributed by atoms with E-state index < -0.39 is 5.91 Å². The molecule has 1 aliphatic heterocycles. The number of ether oxygens (including phenoxy) is 1. The Bertz CT molecular complexity index is 1060. The van der Waals surface area contributed by atoms with Crippen LogP contribution >= 0.6 is 0 Å². The van der Waals surface area contributed by atoms with Gasteiger partial charge in [-0.25, -0.2) is 0 Å². The quantitative estimate of drug-likeness (QED) is 0.287. The van der Waals surface area contributed by atoms with Crippen LogP contribution in [0.1, 0.15) is 12.0 Å². The number of carbonyl (C=O) groups excluding carboxylic acids is 2. The normalized spacial score (nSPS) is 16.4. The molecule has 0 saturated carbocycles. The van der Waals surface area contributed by atoms with Gasteiger partial charge in [0.15, 0.2) is 0 Å². The van der Waals surface area contributed by atoms with Crippen molar-refractivity contribution in [1.29, 1.82) is 5.41 Å². The number of primary amides is 1. The molecule has 0 aromatic heterocycles. The standard InChI is InChI=1S/C24H27N5O4/c25-22(16-8-10-19(11-9-16)33-18-5-2-1-3-6-18)21(24(27)32)23(26)28-17-12-13-29(15-17)20(31)7-4-14-30/h1-11,17,25,28,30H,12-15,26H2,(H2,27,32)/b7-4+,23-21+,25-22?. The third-order valence-electron chi connectivity index (χ3n) is 5.11. The van der Waals surface area contributed by atoms with Crippen molar-refractivity contribution in [2.24, 2.45) is 11.5 Å². The van der Waals surface area contributed by atoms with Crippen LogP contribution in [0.15, 0.2) is 78.1 Å². The highest BCUT2D eigenvalue weighted by Gasteiger charge is 2.27. The Morgan fingerprint density at radius 2 is 1.79 bits per heavy atom. The van der Waals surface area contributed by atoms with Gasteiger partial charge in [-0.15, -0.1) is 0 Å². The molecule has 2 amide bonds. The lowest BCUT2D eigenvalue weighted by Crippen LogP contribution is -2.39. The maximum atomic E-state index is 12.1. The predicted octanol–water partition coefficient (Wildman–Crippen LogP) is 1.24. The Morgan fingerprint density at radius 1 is 1.12 bits per heavy atom. The maximum Gasteiger partial charge on any atom is 0.254 e. The van der Waals surface area contributed by atoms with E-state index in [0.29, 0.717) is 36.6 Å². The molecule has 1 saturated heterocycles. The van der Waals surface area contributed by atoms with Crippen molar-refractivity contribution >= 4 is 17.5 Å². The molecule has 33 heavy (non-hydrogen) atoms. The molecule has 3 rings (SSSR count). The van der Waals surface area contributed by atoms with E-state index in [2.05, 4.69) is 5.32 Å². The minimum absolute atomic E-state index is 0.0117. The summed E-state index contributed by atoms with van der Waals surface area (Å²) in [6.07, 6.45) is 3.31. The molecule has 2 aromatic rings. The summed E-state index contributed by atoms with van der Waals surface area (Å²) in [5.74, 6) is 0.215. The predicted molar refractivity (Wildman–Crippen MR) is 125 cm³/mol. The topological polar surface area (TPSA) is 155 Å². The van der Waals surface area contributed by atoms with E-state index in [1.54, 1.807) is 29.2 Å². The van der Waals surface area contributed by atoms with Gasteiger partial charge < -0.3 is 31.5 Å². The number of likely N-dealkylation sites (tertiary alicyclic amines) is 1. The second kappa shape index (κ2) is 11.0. The molecule has 9 nitrogen and oxygen atoms in total. The summed E-state index contributed by atoms with van der Waals surface area (Å²) in [4.78, 5) is 25.8. The van der Waals surface area contributed by atoms with Crippen LogP contribution in [0.4, 0.5) is 0 Å². The monoisotopic (exact) mass is 449 g/mol. The summed E-state index contributed by atoms with van der Waals surface area (Å²) >= 11 is 0. The zero-order valence-electron chi connectivity index (χ0n) is 18.0. The number of para-hydroxylation sites is 1. The number of amides is 2. The smallest absolute Gasteiger partial charge is 0.254 e. The summed E-state index contributed by atoms with van der Waals surface area (Å²) < 4.78 is 5.75. The van der Waals surface area contributed by atoms with Gasteiger partial charge >= 0.3 is 0 Å². The van der Waals surface area contributed by atoms with E-state index in [1.165, 1.54) is 12.2 Å². The summed E-state index contributed by atoms with van der Waals surface area (Å²) in [5.41, 5.74) is 11.9. The van der Waals surface area contributed by atoms with Crippen LogP contribution in [0.2, 0.25) is 0 Å². The number of aliphatic hydroxyl groups is 1. The van der Waals surface area contributed by atoms with Gasteiger partial charge in [0.1, 0.15) is 22.9 Å².